The standard InChI is InChI=1S/C64H102N6O12/c1-13-44(6)59(54(80-11)38-57(76)68-33-25-29-51(68)60(81-12)46(8)53(73)40-64(63(79)70-34-23-24-35-82-70)39-50(64)47-26-17-14-18-27-47)67(10)62(78)49(42(2)3)37-52(72)58(43(4)5)66(9)31-21-15-19-28-48(71)41-65-55(74)30-20-16-22-32-69-56(75)36-45(7)61(69)77/h14,17-18,26-27,42-46,49-51,54,58-60H,13,15-16,19-25,28-41H2,1-12H3,(H,65,74)/t44-,45?,46-,49-,50+,51-,54+,58-,59-,60+,64-/m0/s1. The molecule has 1 saturated carbocycles. The van der Waals surface area contributed by atoms with Gasteiger partial charge in [0.2, 0.25) is 29.5 Å². The molecule has 0 aromatic heterocycles. The van der Waals surface area contributed by atoms with Crippen LogP contribution in [-0.2, 0) is 57.5 Å². The summed E-state index contributed by atoms with van der Waals surface area (Å²) in [5.41, 5.74) is 0.114. The molecule has 460 valence electrons. The number of benzene rings is 1. The van der Waals surface area contributed by atoms with Gasteiger partial charge in [-0.2, -0.15) is 0 Å². The molecule has 11 atom stereocenters. The number of unbranched alkanes of at least 4 members (excludes halogenated alkanes) is 4. The monoisotopic (exact) mass is 1150 g/mol. The van der Waals surface area contributed by atoms with Gasteiger partial charge in [-0.15, -0.1) is 0 Å². The zero-order valence-corrected chi connectivity index (χ0v) is 51.9. The third-order valence-electron chi connectivity index (χ3n) is 18.5. The van der Waals surface area contributed by atoms with E-state index >= 15 is 0 Å². The van der Waals surface area contributed by atoms with E-state index < -0.39 is 41.5 Å². The van der Waals surface area contributed by atoms with Crippen LogP contribution >= 0.6 is 0 Å². The number of nitrogens with zero attached hydrogens (tertiary/aromatic N) is 5. The number of amides is 6. The molecule has 0 radical (unpaired) electrons. The molecule has 6 amide bonds. The Morgan fingerprint density at radius 2 is 1.51 bits per heavy atom. The highest BCUT2D eigenvalue weighted by Crippen LogP contribution is 2.63. The summed E-state index contributed by atoms with van der Waals surface area (Å²) >= 11 is 0. The summed E-state index contributed by atoms with van der Waals surface area (Å²) in [6, 6.07) is 8.58. The van der Waals surface area contributed by atoms with E-state index in [1.54, 1.807) is 33.1 Å². The molecule has 0 spiro atoms. The summed E-state index contributed by atoms with van der Waals surface area (Å²) in [5.74, 6) is -2.93. The number of carbonyl (C=O) groups is 9. The highest BCUT2D eigenvalue weighted by Gasteiger charge is 2.63. The van der Waals surface area contributed by atoms with Crippen molar-refractivity contribution in [1.82, 2.24) is 30.0 Å². The van der Waals surface area contributed by atoms with Crippen molar-refractivity contribution in [2.45, 2.75) is 207 Å². The maximum Gasteiger partial charge on any atom is 0.253 e. The van der Waals surface area contributed by atoms with Crippen LogP contribution in [0.4, 0.5) is 0 Å². The molecular weight excluding hydrogens is 1040 g/mol. The molecule has 1 aromatic rings. The van der Waals surface area contributed by atoms with Crippen molar-refractivity contribution in [3.8, 4) is 0 Å². The molecule has 5 rings (SSSR count). The Kier molecular flexibility index (Phi) is 26.8. The molecule has 1 unspecified atom stereocenters. The number of methoxy groups -OCH3 is 2. The molecule has 3 aliphatic heterocycles. The minimum absolute atomic E-state index is 0.00210. The Labute approximate surface area is 490 Å². The zero-order valence-electron chi connectivity index (χ0n) is 51.9. The lowest BCUT2D eigenvalue weighted by molar-refractivity contribution is -0.203. The van der Waals surface area contributed by atoms with Gasteiger partial charge in [0.1, 0.15) is 5.78 Å². The van der Waals surface area contributed by atoms with Gasteiger partial charge < -0.3 is 24.6 Å². The fourth-order valence-electron chi connectivity index (χ4n) is 13.3. The first-order chi connectivity index (χ1) is 39.0. The fraction of sp³-hybridized carbons (Fsp3) is 0.766. The van der Waals surface area contributed by atoms with Crippen LogP contribution in [0.2, 0.25) is 0 Å². The zero-order chi connectivity index (χ0) is 60.4. The lowest BCUT2D eigenvalue weighted by Crippen LogP contribution is -2.54. The average molecular weight is 1150 g/mol. The van der Waals surface area contributed by atoms with E-state index in [9.17, 15) is 43.2 Å². The Balaban J connectivity index is 1.12. The van der Waals surface area contributed by atoms with E-state index in [1.807, 2.05) is 83.8 Å². The summed E-state index contributed by atoms with van der Waals surface area (Å²) in [4.78, 5) is 135. The van der Waals surface area contributed by atoms with Gasteiger partial charge in [0.05, 0.1) is 55.3 Å². The molecule has 18 nitrogen and oxygen atoms in total. The molecule has 1 aliphatic carbocycles. The first-order valence-corrected chi connectivity index (χ1v) is 31.0. The largest absolute Gasteiger partial charge is 0.379 e. The fourth-order valence-corrected chi connectivity index (χ4v) is 13.3. The predicted octanol–water partition coefficient (Wildman–Crippen LogP) is 7.98. The number of imide groups is 1. The average Bonchev–Trinajstić information content (AvgIpc) is 1.94. The molecule has 18 heteroatoms. The highest BCUT2D eigenvalue weighted by molar-refractivity contribution is 6.03. The first-order valence-electron chi connectivity index (χ1n) is 31.0. The van der Waals surface area contributed by atoms with Gasteiger partial charge in [-0.05, 0) is 101 Å². The molecule has 3 heterocycles. The Morgan fingerprint density at radius 3 is 2.12 bits per heavy atom. The maximum atomic E-state index is 14.8. The number of rotatable bonds is 36. The second-order valence-electron chi connectivity index (χ2n) is 25.1. The number of hydrogen-bond donors (Lipinski definition) is 1. The van der Waals surface area contributed by atoms with Crippen molar-refractivity contribution >= 4 is 52.8 Å². The summed E-state index contributed by atoms with van der Waals surface area (Å²) in [6.45, 7) is 18.1. The van der Waals surface area contributed by atoms with Crippen LogP contribution in [0, 0.1) is 40.9 Å². The van der Waals surface area contributed by atoms with E-state index in [-0.39, 0.29) is 127 Å². The number of likely N-dealkylation sites (tertiary alicyclic amines) is 2. The molecule has 82 heavy (non-hydrogen) atoms. The van der Waals surface area contributed by atoms with Gasteiger partial charge in [-0.1, -0.05) is 105 Å². The minimum atomic E-state index is -0.911. The van der Waals surface area contributed by atoms with E-state index in [2.05, 4.69) is 17.1 Å². The van der Waals surface area contributed by atoms with Crippen molar-refractivity contribution < 1.29 is 57.5 Å². The summed E-state index contributed by atoms with van der Waals surface area (Å²) < 4.78 is 12.3. The van der Waals surface area contributed by atoms with Gasteiger partial charge in [0.15, 0.2) is 11.6 Å². The predicted molar refractivity (Wildman–Crippen MR) is 314 cm³/mol. The highest BCUT2D eigenvalue weighted by atomic mass is 16.7. The molecule has 1 aromatic carbocycles. The number of hydrogen-bond acceptors (Lipinski definition) is 13. The van der Waals surface area contributed by atoms with Crippen molar-refractivity contribution in [2.24, 2.45) is 40.9 Å². The first kappa shape index (κ1) is 67.9. The topological polar surface area (TPSA) is 210 Å². The number of carbonyl (C=O) groups excluding carboxylic acids is 9. The van der Waals surface area contributed by atoms with Crippen LogP contribution in [0.3, 0.4) is 0 Å². The SMILES string of the molecule is CC[C@H](C)[C@@H]([C@@H](CC(=O)N1CCC[C@H]1[C@H](OC)[C@@H](C)C(=O)C[C@@]1(C(=O)N2CCCCO2)C[C@@H]1c1ccccc1)OC)N(C)C(=O)[C@@H](CC(=O)[C@H](C(C)C)N(C)CCCCCC(=O)CNC(=O)CCCCCN1C(=O)CC(C)C1=O)C(C)C. The van der Waals surface area contributed by atoms with Crippen molar-refractivity contribution in [3.63, 3.8) is 0 Å². The minimum Gasteiger partial charge on any atom is -0.379 e. The van der Waals surface area contributed by atoms with Crippen LogP contribution < -0.4 is 5.32 Å². The van der Waals surface area contributed by atoms with E-state index in [1.165, 1.54) is 9.96 Å². The van der Waals surface area contributed by atoms with E-state index in [0.717, 1.165) is 37.7 Å². The third-order valence-corrected chi connectivity index (χ3v) is 18.5. The number of likely N-dealkylation sites (N-methyl/N-ethyl adjacent to an activating group) is 2. The molecule has 4 fully saturated rings. The van der Waals surface area contributed by atoms with Crippen LogP contribution in [-0.4, -0.2) is 175 Å². The van der Waals surface area contributed by atoms with Crippen LogP contribution in [0.5, 0.6) is 0 Å². The molecule has 3 saturated heterocycles. The summed E-state index contributed by atoms with van der Waals surface area (Å²) in [5, 5.41) is 4.19. The quantitative estimate of drug-likeness (QED) is 0.0500. The van der Waals surface area contributed by atoms with Crippen molar-refractivity contribution in [1.29, 1.82) is 0 Å². The number of ketones is 3. The Morgan fingerprint density at radius 1 is 0.817 bits per heavy atom. The van der Waals surface area contributed by atoms with Gasteiger partial charge in [0.25, 0.3) is 5.91 Å². The lowest BCUT2D eigenvalue weighted by Gasteiger charge is -2.41. The van der Waals surface area contributed by atoms with Crippen LogP contribution in [0.25, 0.3) is 0 Å². The van der Waals surface area contributed by atoms with Crippen LogP contribution in [0.1, 0.15) is 182 Å². The smallest absolute Gasteiger partial charge is 0.253 e. The van der Waals surface area contributed by atoms with Crippen molar-refractivity contribution in [2.75, 3.05) is 67.6 Å². The number of Topliss-reactive ketones (excluding diaryl/α,β-unsaturated/α-hetero) is 3. The molecule has 0 bridgehead atoms. The summed E-state index contributed by atoms with van der Waals surface area (Å²) in [7, 11) is 6.85. The van der Waals surface area contributed by atoms with Gasteiger partial charge in [-0.3, -0.25) is 57.8 Å². The van der Waals surface area contributed by atoms with Crippen LogP contribution in [0.15, 0.2) is 30.3 Å². The third kappa shape index (κ3) is 17.8. The lowest BCUT2D eigenvalue weighted by atomic mass is 9.83. The summed E-state index contributed by atoms with van der Waals surface area (Å²) in [6.07, 6.45) is 8.16. The Hall–Kier alpha value is -4.91. The van der Waals surface area contributed by atoms with E-state index in [4.69, 9.17) is 14.3 Å². The maximum absolute atomic E-state index is 14.8. The number of hydroxylamine groups is 2. The second-order valence-corrected chi connectivity index (χ2v) is 25.1. The van der Waals surface area contributed by atoms with Gasteiger partial charge >= 0.3 is 0 Å². The molecular formula is C64H102N6O12. The van der Waals surface area contributed by atoms with E-state index in [0.29, 0.717) is 84.2 Å². The van der Waals surface area contributed by atoms with Crippen molar-refractivity contribution in [3.05, 3.63) is 35.9 Å². The second kappa shape index (κ2) is 32.4. The normalized spacial score (nSPS) is 22.7. The number of nitrogens with one attached hydrogen (secondary N) is 1. The van der Waals surface area contributed by atoms with Gasteiger partial charge in [0, 0.05) is 90.8 Å². The van der Waals surface area contributed by atoms with Gasteiger partial charge in [-0.25, -0.2) is 5.06 Å². The number of ether oxygens (including phenoxy) is 2. The Bertz CT molecular complexity index is 2310. The molecule has 4 aliphatic rings. The molecule has 1 N–H and O–H groups in total.